The standard InChI is InChI=1S/C21H23ClN2O4S/c1-28-18-8-2-15(3-9-18)10-11-23-12-21(25)24(17-6-4-16(22)5-7-17)20-14-29(26,27)13-19(20)23/h2-9,19-20H,10-14H2,1H3/t19-,20+/m1/s1. The van der Waals surface area contributed by atoms with E-state index in [1.165, 1.54) is 0 Å². The molecule has 0 aliphatic carbocycles. The molecule has 4 rings (SSSR count). The van der Waals surface area contributed by atoms with E-state index in [1.807, 2.05) is 29.2 Å². The highest BCUT2D eigenvalue weighted by molar-refractivity contribution is 7.91. The summed E-state index contributed by atoms with van der Waals surface area (Å²) >= 11 is 5.97. The summed E-state index contributed by atoms with van der Waals surface area (Å²) < 4.78 is 30.0. The van der Waals surface area contributed by atoms with Crippen LogP contribution in [0.5, 0.6) is 5.75 Å². The van der Waals surface area contributed by atoms with Crippen LogP contribution in [-0.2, 0) is 21.1 Å². The number of amides is 1. The average Bonchev–Trinajstić information content (AvgIpc) is 3.02. The number of sulfone groups is 1. The van der Waals surface area contributed by atoms with Crippen LogP contribution in [0.15, 0.2) is 48.5 Å². The number of ether oxygens (including phenoxy) is 1. The van der Waals surface area contributed by atoms with Crippen molar-refractivity contribution >= 4 is 33.0 Å². The van der Waals surface area contributed by atoms with Gasteiger partial charge in [-0.05, 0) is 48.4 Å². The van der Waals surface area contributed by atoms with E-state index in [1.54, 1.807) is 36.3 Å². The molecule has 0 saturated carbocycles. The van der Waals surface area contributed by atoms with Gasteiger partial charge in [0.1, 0.15) is 5.75 Å². The molecule has 0 radical (unpaired) electrons. The molecular formula is C21H23ClN2O4S. The predicted octanol–water partition coefficient (Wildman–Crippen LogP) is 2.41. The van der Waals surface area contributed by atoms with Gasteiger partial charge in [0.05, 0.1) is 31.2 Å². The quantitative estimate of drug-likeness (QED) is 0.723. The van der Waals surface area contributed by atoms with E-state index < -0.39 is 9.84 Å². The zero-order valence-corrected chi connectivity index (χ0v) is 17.7. The van der Waals surface area contributed by atoms with Gasteiger partial charge in [0.25, 0.3) is 0 Å². The van der Waals surface area contributed by atoms with E-state index in [0.29, 0.717) is 17.3 Å². The number of carbonyl (C=O) groups excluding carboxylic acids is 1. The number of carbonyl (C=O) groups is 1. The third-order valence-electron chi connectivity index (χ3n) is 5.65. The van der Waals surface area contributed by atoms with Gasteiger partial charge in [-0.15, -0.1) is 0 Å². The van der Waals surface area contributed by atoms with Crippen molar-refractivity contribution in [1.29, 1.82) is 0 Å². The number of halogens is 1. The van der Waals surface area contributed by atoms with Crippen LogP contribution in [0.4, 0.5) is 5.69 Å². The third-order valence-corrected chi connectivity index (χ3v) is 7.60. The number of benzene rings is 2. The highest BCUT2D eigenvalue weighted by Crippen LogP contribution is 2.32. The van der Waals surface area contributed by atoms with Gasteiger partial charge in [0.15, 0.2) is 9.84 Å². The largest absolute Gasteiger partial charge is 0.497 e. The summed E-state index contributed by atoms with van der Waals surface area (Å²) in [7, 11) is -1.58. The molecule has 1 amide bonds. The minimum absolute atomic E-state index is 0.00886. The maximum atomic E-state index is 13.0. The second-order valence-electron chi connectivity index (χ2n) is 7.52. The lowest BCUT2D eigenvalue weighted by atomic mass is 10.0. The molecule has 2 heterocycles. The molecular weight excluding hydrogens is 412 g/mol. The molecule has 6 nitrogen and oxygen atoms in total. The topological polar surface area (TPSA) is 66.9 Å². The number of rotatable bonds is 5. The zero-order valence-electron chi connectivity index (χ0n) is 16.1. The van der Waals surface area contributed by atoms with Crippen LogP contribution in [0.3, 0.4) is 0 Å². The third kappa shape index (κ3) is 4.27. The molecule has 2 fully saturated rings. The van der Waals surface area contributed by atoms with Crippen molar-refractivity contribution in [1.82, 2.24) is 4.90 Å². The van der Waals surface area contributed by atoms with Crippen molar-refractivity contribution < 1.29 is 17.9 Å². The Bertz CT molecular complexity index is 992. The van der Waals surface area contributed by atoms with Gasteiger partial charge >= 0.3 is 0 Å². The van der Waals surface area contributed by atoms with Crippen molar-refractivity contribution in [2.24, 2.45) is 0 Å². The number of anilines is 1. The van der Waals surface area contributed by atoms with Crippen LogP contribution in [0.25, 0.3) is 0 Å². The van der Waals surface area contributed by atoms with Gasteiger partial charge in [-0.3, -0.25) is 9.69 Å². The van der Waals surface area contributed by atoms with E-state index in [0.717, 1.165) is 17.7 Å². The fourth-order valence-electron chi connectivity index (χ4n) is 4.20. The maximum absolute atomic E-state index is 13.0. The number of piperazine rings is 1. The first-order valence-electron chi connectivity index (χ1n) is 9.51. The Balaban J connectivity index is 1.54. The number of hydrogen-bond acceptors (Lipinski definition) is 5. The first-order valence-corrected chi connectivity index (χ1v) is 11.7. The van der Waals surface area contributed by atoms with Gasteiger partial charge < -0.3 is 9.64 Å². The van der Waals surface area contributed by atoms with E-state index >= 15 is 0 Å². The molecule has 0 unspecified atom stereocenters. The van der Waals surface area contributed by atoms with E-state index in [4.69, 9.17) is 16.3 Å². The summed E-state index contributed by atoms with van der Waals surface area (Å²) in [6, 6.07) is 14.2. The van der Waals surface area contributed by atoms with E-state index in [9.17, 15) is 13.2 Å². The Labute approximate surface area is 175 Å². The first kappa shape index (κ1) is 20.2. The molecule has 2 atom stereocenters. The Morgan fingerprint density at radius 2 is 1.69 bits per heavy atom. The first-order chi connectivity index (χ1) is 13.9. The monoisotopic (exact) mass is 434 g/mol. The highest BCUT2D eigenvalue weighted by atomic mass is 35.5. The molecule has 0 bridgehead atoms. The summed E-state index contributed by atoms with van der Waals surface area (Å²) in [6.45, 7) is 0.832. The van der Waals surface area contributed by atoms with Gasteiger partial charge in [0.2, 0.25) is 5.91 Å². The van der Waals surface area contributed by atoms with Gasteiger partial charge in [-0.1, -0.05) is 23.7 Å². The van der Waals surface area contributed by atoms with Crippen molar-refractivity contribution in [3.8, 4) is 5.75 Å². The van der Waals surface area contributed by atoms with Crippen LogP contribution in [0, 0.1) is 0 Å². The molecule has 8 heteroatoms. The Morgan fingerprint density at radius 1 is 1.03 bits per heavy atom. The zero-order chi connectivity index (χ0) is 20.6. The lowest BCUT2D eigenvalue weighted by Gasteiger charge is -2.43. The van der Waals surface area contributed by atoms with Crippen molar-refractivity contribution in [2.45, 2.75) is 18.5 Å². The maximum Gasteiger partial charge on any atom is 0.241 e. The molecule has 154 valence electrons. The number of methoxy groups -OCH3 is 1. The predicted molar refractivity (Wildman–Crippen MR) is 113 cm³/mol. The van der Waals surface area contributed by atoms with Crippen LogP contribution >= 0.6 is 11.6 Å². The summed E-state index contributed by atoms with van der Waals surface area (Å²) in [4.78, 5) is 16.6. The van der Waals surface area contributed by atoms with Crippen molar-refractivity contribution in [3.05, 3.63) is 59.1 Å². The average molecular weight is 435 g/mol. The fraction of sp³-hybridized carbons (Fsp3) is 0.381. The molecule has 0 spiro atoms. The molecule has 0 N–H and O–H groups in total. The number of hydrogen-bond donors (Lipinski definition) is 0. The lowest BCUT2D eigenvalue weighted by molar-refractivity contribution is -0.123. The smallest absolute Gasteiger partial charge is 0.241 e. The summed E-state index contributed by atoms with van der Waals surface area (Å²) in [5.74, 6) is 0.783. The highest BCUT2D eigenvalue weighted by Gasteiger charge is 2.49. The molecule has 2 aromatic rings. The van der Waals surface area contributed by atoms with Gasteiger partial charge in [-0.2, -0.15) is 0 Å². The van der Waals surface area contributed by atoms with Gasteiger partial charge in [0, 0.05) is 23.3 Å². The fourth-order valence-corrected chi connectivity index (χ4v) is 6.31. The van der Waals surface area contributed by atoms with E-state index in [2.05, 4.69) is 0 Å². The summed E-state index contributed by atoms with van der Waals surface area (Å²) in [6.07, 6.45) is 0.738. The van der Waals surface area contributed by atoms with Crippen LogP contribution in [0.1, 0.15) is 5.56 Å². The molecule has 29 heavy (non-hydrogen) atoms. The molecule has 0 aromatic heterocycles. The van der Waals surface area contributed by atoms with Crippen LogP contribution < -0.4 is 9.64 Å². The minimum atomic E-state index is -3.20. The molecule has 2 aromatic carbocycles. The van der Waals surface area contributed by atoms with Crippen LogP contribution in [-0.4, -0.2) is 63.0 Å². The normalized spacial score (nSPS) is 23.8. The van der Waals surface area contributed by atoms with Crippen molar-refractivity contribution in [2.75, 3.05) is 36.6 Å². The van der Waals surface area contributed by atoms with Crippen molar-refractivity contribution in [3.63, 3.8) is 0 Å². The lowest BCUT2D eigenvalue weighted by Crippen LogP contribution is -2.62. The van der Waals surface area contributed by atoms with E-state index in [-0.39, 0.29) is 36.0 Å². The molecule has 2 saturated heterocycles. The molecule has 2 aliphatic rings. The second kappa shape index (κ2) is 7.97. The SMILES string of the molecule is COc1ccc(CCN2CC(=O)N(c3ccc(Cl)cc3)[C@H]3CS(=O)(=O)C[C@H]32)cc1. The van der Waals surface area contributed by atoms with Crippen LogP contribution in [0.2, 0.25) is 5.02 Å². The molecule has 2 aliphatic heterocycles. The Morgan fingerprint density at radius 3 is 2.34 bits per heavy atom. The summed E-state index contributed by atoms with van der Waals surface area (Å²) in [5, 5.41) is 0.579. The summed E-state index contributed by atoms with van der Waals surface area (Å²) in [5.41, 5.74) is 1.82. The number of fused-ring (bicyclic) bond motifs is 1. The van der Waals surface area contributed by atoms with Gasteiger partial charge in [-0.25, -0.2) is 8.42 Å². The minimum Gasteiger partial charge on any atom is -0.497 e. The Kier molecular flexibility index (Phi) is 5.55. The number of nitrogens with zero attached hydrogens (tertiary/aromatic N) is 2. The Hall–Kier alpha value is -2.09. The second-order valence-corrected chi connectivity index (χ2v) is 10.1.